The topological polar surface area (TPSA) is 57.5 Å². The van der Waals surface area contributed by atoms with Crippen LogP contribution in [0.2, 0.25) is 0 Å². The minimum Gasteiger partial charge on any atom is -0.466 e. The number of rotatable bonds is 6. The lowest BCUT2D eigenvalue weighted by atomic mass is 10.3. The van der Waals surface area contributed by atoms with E-state index in [1.807, 2.05) is 19.1 Å². The van der Waals surface area contributed by atoms with Gasteiger partial charge < -0.3 is 20.0 Å². The van der Waals surface area contributed by atoms with Crippen LogP contribution in [0.5, 0.6) is 0 Å². The van der Waals surface area contributed by atoms with E-state index in [9.17, 15) is 4.79 Å². The fourth-order valence-electron chi connectivity index (χ4n) is 2.23. The Balaban J connectivity index is 1.56. The predicted octanol–water partition coefficient (Wildman–Crippen LogP) is 0.542. The van der Waals surface area contributed by atoms with Crippen LogP contribution >= 0.6 is 0 Å². The summed E-state index contributed by atoms with van der Waals surface area (Å²) in [6, 6.07) is 3.91. The molecule has 0 radical (unpaired) electrons. The number of piperazine rings is 1. The van der Waals surface area contributed by atoms with E-state index in [0.29, 0.717) is 13.0 Å². The first-order chi connectivity index (χ1) is 9.24. The van der Waals surface area contributed by atoms with Gasteiger partial charge in [0.2, 0.25) is 5.91 Å². The van der Waals surface area contributed by atoms with Crippen LogP contribution in [-0.4, -0.2) is 50.1 Å². The van der Waals surface area contributed by atoms with Gasteiger partial charge in [-0.1, -0.05) is 0 Å². The van der Waals surface area contributed by atoms with Crippen molar-refractivity contribution in [1.82, 2.24) is 15.5 Å². The van der Waals surface area contributed by atoms with Gasteiger partial charge >= 0.3 is 0 Å². The van der Waals surface area contributed by atoms with Gasteiger partial charge in [-0.25, -0.2) is 0 Å². The first kappa shape index (κ1) is 14.1. The van der Waals surface area contributed by atoms with Gasteiger partial charge in [0.15, 0.2) is 0 Å². The highest BCUT2D eigenvalue weighted by Gasteiger charge is 2.11. The van der Waals surface area contributed by atoms with Gasteiger partial charge in [-0.15, -0.1) is 0 Å². The molecule has 5 heteroatoms. The number of hydrogen-bond donors (Lipinski definition) is 2. The molecule has 0 saturated carbocycles. The van der Waals surface area contributed by atoms with Crippen LogP contribution in [0, 0.1) is 6.92 Å². The van der Waals surface area contributed by atoms with Crippen molar-refractivity contribution in [2.75, 3.05) is 39.3 Å². The van der Waals surface area contributed by atoms with Gasteiger partial charge in [0.25, 0.3) is 0 Å². The molecule has 2 heterocycles. The fourth-order valence-corrected chi connectivity index (χ4v) is 2.23. The lowest BCUT2D eigenvalue weighted by molar-refractivity contribution is -0.121. The Hall–Kier alpha value is -1.33. The number of hydrogen-bond acceptors (Lipinski definition) is 4. The van der Waals surface area contributed by atoms with E-state index in [-0.39, 0.29) is 5.91 Å². The van der Waals surface area contributed by atoms with Crippen LogP contribution in [0.1, 0.15) is 17.9 Å². The molecule has 0 atom stereocenters. The molecule has 0 unspecified atom stereocenters. The summed E-state index contributed by atoms with van der Waals surface area (Å²) in [5.74, 6) is 1.97. The SMILES string of the molecule is Cc1ccc(CCNC(=O)CCN2CCNCC2)o1. The van der Waals surface area contributed by atoms with Crippen LogP contribution in [0.4, 0.5) is 0 Å². The number of aryl methyl sites for hydroxylation is 1. The van der Waals surface area contributed by atoms with E-state index < -0.39 is 0 Å². The monoisotopic (exact) mass is 265 g/mol. The number of furan rings is 1. The van der Waals surface area contributed by atoms with Gasteiger partial charge in [-0.2, -0.15) is 0 Å². The Bertz CT molecular complexity index is 397. The van der Waals surface area contributed by atoms with Gasteiger partial charge in [-0.3, -0.25) is 4.79 Å². The van der Waals surface area contributed by atoms with Gasteiger partial charge in [-0.05, 0) is 19.1 Å². The summed E-state index contributed by atoms with van der Waals surface area (Å²) in [4.78, 5) is 14.0. The maximum atomic E-state index is 11.7. The predicted molar refractivity (Wildman–Crippen MR) is 74.1 cm³/mol. The average molecular weight is 265 g/mol. The van der Waals surface area contributed by atoms with Crippen LogP contribution in [0.25, 0.3) is 0 Å². The summed E-state index contributed by atoms with van der Waals surface area (Å²) < 4.78 is 5.45. The lowest BCUT2D eigenvalue weighted by Gasteiger charge is -2.26. The first-order valence-electron chi connectivity index (χ1n) is 6.99. The smallest absolute Gasteiger partial charge is 0.221 e. The summed E-state index contributed by atoms with van der Waals surface area (Å²) in [7, 11) is 0. The van der Waals surface area contributed by atoms with Crippen molar-refractivity contribution < 1.29 is 9.21 Å². The Morgan fingerprint density at radius 1 is 1.42 bits per heavy atom. The zero-order valence-corrected chi connectivity index (χ0v) is 11.6. The van der Waals surface area contributed by atoms with Crippen LogP contribution < -0.4 is 10.6 Å². The number of carbonyl (C=O) groups excluding carboxylic acids is 1. The van der Waals surface area contributed by atoms with Gasteiger partial charge in [0.05, 0.1) is 0 Å². The first-order valence-corrected chi connectivity index (χ1v) is 6.99. The largest absolute Gasteiger partial charge is 0.466 e. The van der Waals surface area contributed by atoms with Crippen LogP contribution in [-0.2, 0) is 11.2 Å². The Morgan fingerprint density at radius 2 is 2.21 bits per heavy atom. The number of carbonyl (C=O) groups is 1. The zero-order chi connectivity index (χ0) is 13.5. The molecule has 2 N–H and O–H groups in total. The molecule has 1 saturated heterocycles. The molecule has 1 aliphatic heterocycles. The molecule has 5 nitrogen and oxygen atoms in total. The second kappa shape index (κ2) is 7.31. The molecule has 1 aliphatic rings. The average Bonchev–Trinajstić information content (AvgIpc) is 2.83. The molecular formula is C14H23N3O2. The molecule has 19 heavy (non-hydrogen) atoms. The van der Waals surface area contributed by atoms with Crippen molar-refractivity contribution in [2.45, 2.75) is 19.8 Å². The van der Waals surface area contributed by atoms with Crippen molar-refractivity contribution in [3.63, 3.8) is 0 Å². The van der Waals surface area contributed by atoms with E-state index in [2.05, 4.69) is 15.5 Å². The quantitative estimate of drug-likeness (QED) is 0.788. The summed E-state index contributed by atoms with van der Waals surface area (Å²) in [6.07, 6.45) is 1.34. The Morgan fingerprint density at radius 3 is 2.89 bits per heavy atom. The van der Waals surface area contributed by atoms with Crippen molar-refractivity contribution in [2.24, 2.45) is 0 Å². The summed E-state index contributed by atoms with van der Waals surface area (Å²) in [5.41, 5.74) is 0. The molecule has 1 fully saturated rings. The van der Waals surface area contributed by atoms with Crippen LogP contribution in [0.15, 0.2) is 16.5 Å². The van der Waals surface area contributed by atoms with Crippen molar-refractivity contribution in [3.05, 3.63) is 23.7 Å². The highest BCUT2D eigenvalue weighted by atomic mass is 16.3. The van der Waals surface area contributed by atoms with E-state index >= 15 is 0 Å². The molecule has 0 spiro atoms. The molecule has 0 aromatic carbocycles. The number of nitrogens with one attached hydrogen (secondary N) is 2. The molecule has 1 aromatic rings. The Labute approximate surface area is 114 Å². The maximum Gasteiger partial charge on any atom is 0.221 e. The van der Waals surface area contributed by atoms with Crippen molar-refractivity contribution >= 4 is 5.91 Å². The number of nitrogens with zero attached hydrogens (tertiary/aromatic N) is 1. The molecular weight excluding hydrogens is 242 g/mol. The minimum absolute atomic E-state index is 0.127. The normalized spacial score (nSPS) is 16.5. The van der Waals surface area contributed by atoms with Crippen LogP contribution in [0.3, 0.4) is 0 Å². The molecule has 106 valence electrons. The third kappa shape index (κ3) is 5.04. The maximum absolute atomic E-state index is 11.7. The van der Waals surface area contributed by atoms with Crippen molar-refractivity contribution in [1.29, 1.82) is 0 Å². The van der Waals surface area contributed by atoms with E-state index in [1.165, 1.54) is 0 Å². The highest BCUT2D eigenvalue weighted by molar-refractivity contribution is 5.76. The molecule has 2 rings (SSSR count). The third-order valence-electron chi connectivity index (χ3n) is 3.35. The second-order valence-electron chi connectivity index (χ2n) is 4.95. The van der Waals surface area contributed by atoms with E-state index in [4.69, 9.17) is 4.42 Å². The summed E-state index contributed by atoms with van der Waals surface area (Å²) >= 11 is 0. The van der Waals surface area contributed by atoms with E-state index in [0.717, 1.165) is 50.7 Å². The zero-order valence-electron chi connectivity index (χ0n) is 11.6. The minimum atomic E-state index is 0.127. The lowest BCUT2D eigenvalue weighted by Crippen LogP contribution is -2.44. The standard InChI is InChI=1S/C14H23N3O2/c1-12-2-3-13(19-12)4-6-16-14(18)5-9-17-10-7-15-8-11-17/h2-3,15H,4-11H2,1H3,(H,16,18). The Kier molecular flexibility index (Phi) is 5.42. The molecule has 0 aliphatic carbocycles. The van der Waals surface area contributed by atoms with Gasteiger partial charge in [0, 0.05) is 52.1 Å². The molecule has 1 amide bonds. The molecule has 1 aromatic heterocycles. The third-order valence-corrected chi connectivity index (χ3v) is 3.35. The van der Waals surface area contributed by atoms with Crippen molar-refractivity contribution in [3.8, 4) is 0 Å². The summed E-state index contributed by atoms with van der Waals surface area (Å²) in [6.45, 7) is 7.56. The second-order valence-corrected chi connectivity index (χ2v) is 4.95. The number of amides is 1. The highest BCUT2D eigenvalue weighted by Crippen LogP contribution is 2.06. The summed E-state index contributed by atoms with van der Waals surface area (Å²) in [5, 5.41) is 6.24. The fraction of sp³-hybridized carbons (Fsp3) is 0.643. The molecule has 0 bridgehead atoms. The van der Waals surface area contributed by atoms with Gasteiger partial charge in [0.1, 0.15) is 11.5 Å². The van der Waals surface area contributed by atoms with E-state index in [1.54, 1.807) is 0 Å².